The molecule has 2 aliphatic rings. The van der Waals surface area contributed by atoms with Crippen molar-refractivity contribution in [2.24, 2.45) is 0 Å². The third-order valence-electron chi connectivity index (χ3n) is 8.24. The average Bonchev–Trinajstić information content (AvgIpc) is 3.74. The van der Waals surface area contributed by atoms with Gasteiger partial charge in [0.2, 0.25) is 10.9 Å². The van der Waals surface area contributed by atoms with Crippen molar-refractivity contribution < 1.29 is 15.0 Å². The van der Waals surface area contributed by atoms with Gasteiger partial charge in [-0.2, -0.15) is 14.9 Å². The van der Waals surface area contributed by atoms with Crippen LogP contribution in [0.5, 0.6) is 0 Å². The molecule has 2 atom stereocenters. The van der Waals surface area contributed by atoms with Gasteiger partial charge in [0.15, 0.2) is 10.9 Å². The summed E-state index contributed by atoms with van der Waals surface area (Å²) in [6.45, 7) is 3.20. The van der Waals surface area contributed by atoms with Crippen molar-refractivity contribution >= 4 is 44.5 Å². The maximum Gasteiger partial charge on any atom is 0.236 e. The number of β-amino-alcohol motifs (C(OH)–C–C–N with tert-alkyl or cyclic N) is 1. The number of benzene rings is 1. The summed E-state index contributed by atoms with van der Waals surface area (Å²) in [6.07, 6.45) is 2.87. The molecule has 0 bridgehead atoms. The minimum Gasteiger partial charge on any atom is -0.396 e. The first-order valence-electron chi connectivity index (χ1n) is 14.1. The van der Waals surface area contributed by atoms with Crippen LogP contribution in [0.25, 0.3) is 16.2 Å². The second kappa shape index (κ2) is 11.7. The third kappa shape index (κ3) is 5.41. The minimum atomic E-state index is -0.389. The molecular weight excluding hydrogens is 573 g/mol. The van der Waals surface area contributed by atoms with Gasteiger partial charge in [0, 0.05) is 50.7 Å². The number of thiazole rings is 1. The zero-order chi connectivity index (χ0) is 29.5. The number of aryl methyl sites for hydroxylation is 1. The van der Waals surface area contributed by atoms with Crippen LogP contribution in [0.4, 0.5) is 10.9 Å². The molecule has 220 valence electrons. The van der Waals surface area contributed by atoms with Gasteiger partial charge in [-0.15, -0.1) is 0 Å². The number of carbonyl (C=O) groups is 1. The van der Waals surface area contributed by atoms with Crippen LogP contribution >= 0.6 is 22.7 Å². The van der Waals surface area contributed by atoms with Crippen molar-refractivity contribution in [1.82, 2.24) is 29.4 Å². The van der Waals surface area contributed by atoms with Gasteiger partial charge in [0.05, 0.1) is 18.3 Å². The fraction of sp³-hybridized carbons (Fsp3) is 0.483. The first-order valence-corrected chi connectivity index (χ1v) is 15.8. The molecule has 3 aromatic heterocycles. The Balaban J connectivity index is 1.23. The van der Waals surface area contributed by atoms with E-state index in [4.69, 9.17) is 15.1 Å². The molecule has 0 spiro atoms. The van der Waals surface area contributed by atoms with Gasteiger partial charge in [-0.3, -0.25) is 9.69 Å². The van der Waals surface area contributed by atoms with Crippen LogP contribution in [0, 0.1) is 18.3 Å². The molecule has 13 heteroatoms. The smallest absolute Gasteiger partial charge is 0.236 e. The Morgan fingerprint density at radius 3 is 2.62 bits per heavy atom. The monoisotopic (exact) mass is 606 g/mol. The number of imidazole rings is 1. The molecule has 1 aromatic carbocycles. The number of aliphatic hydroxyl groups is 2. The number of aliphatic hydroxyl groups excluding tert-OH is 2. The average molecular weight is 607 g/mol. The highest BCUT2D eigenvalue weighted by Gasteiger charge is 2.35. The molecule has 11 nitrogen and oxygen atoms in total. The molecule has 2 N–H and O–H groups in total. The summed E-state index contributed by atoms with van der Waals surface area (Å²) in [5.74, 6) is 1.07. The van der Waals surface area contributed by atoms with Gasteiger partial charge in [0.1, 0.15) is 21.6 Å². The highest BCUT2D eigenvalue weighted by Crippen LogP contribution is 2.41. The summed E-state index contributed by atoms with van der Waals surface area (Å²) in [5.41, 5.74) is 3.41. The van der Waals surface area contributed by atoms with Crippen LogP contribution in [-0.4, -0.2) is 98.0 Å². The van der Waals surface area contributed by atoms with E-state index in [0.717, 1.165) is 51.9 Å². The highest BCUT2D eigenvalue weighted by molar-refractivity contribution is 7.17. The molecule has 1 unspecified atom stereocenters. The Kier molecular flexibility index (Phi) is 7.99. The summed E-state index contributed by atoms with van der Waals surface area (Å²) in [6, 6.07) is 10.6. The van der Waals surface area contributed by atoms with E-state index in [0.29, 0.717) is 41.8 Å². The molecule has 1 amide bonds. The van der Waals surface area contributed by atoms with Crippen LogP contribution in [-0.2, 0) is 11.2 Å². The van der Waals surface area contributed by atoms with Gasteiger partial charge in [0.25, 0.3) is 0 Å². The number of nitrogens with zero attached hydrogens (tertiary/aromatic N) is 8. The maximum absolute atomic E-state index is 12.5. The summed E-state index contributed by atoms with van der Waals surface area (Å²) >= 11 is 2.89. The third-order valence-corrected chi connectivity index (χ3v) is 10.3. The molecule has 2 fully saturated rings. The Morgan fingerprint density at radius 2 is 1.93 bits per heavy atom. The molecule has 42 heavy (non-hydrogen) atoms. The number of amides is 1. The van der Waals surface area contributed by atoms with Crippen LogP contribution in [0.3, 0.4) is 0 Å². The van der Waals surface area contributed by atoms with Crippen molar-refractivity contribution in [2.75, 3.05) is 45.2 Å². The van der Waals surface area contributed by atoms with E-state index >= 15 is 0 Å². The van der Waals surface area contributed by atoms with E-state index in [1.165, 1.54) is 11.3 Å². The van der Waals surface area contributed by atoms with Crippen molar-refractivity contribution in [3.63, 3.8) is 0 Å². The van der Waals surface area contributed by atoms with E-state index < -0.39 is 0 Å². The number of hydrogen-bond acceptors (Lipinski definition) is 11. The lowest BCUT2D eigenvalue weighted by Crippen LogP contribution is -2.56. The lowest BCUT2D eigenvalue weighted by atomic mass is 10.1. The van der Waals surface area contributed by atoms with Gasteiger partial charge in [-0.05, 0) is 33.2 Å². The van der Waals surface area contributed by atoms with Gasteiger partial charge < -0.3 is 20.0 Å². The number of likely N-dealkylation sites (tertiary alicyclic amines) is 1. The molecule has 1 saturated heterocycles. The van der Waals surface area contributed by atoms with Crippen LogP contribution in [0.1, 0.15) is 46.3 Å². The summed E-state index contributed by atoms with van der Waals surface area (Å²) < 4.78 is 1.85. The molecule has 4 aromatic rings. The van der Waals surface area contributed by atoms with Gasteiger partial charge in [-0.1, -0.05) is 52.5 Å². The normalized spacial score (nSPS) is 19.0. The molecule has 4 heterocycles. The zero-order valence-corrected chi connectivity index (χ0v) is 25.5. The van der Waals surface area contributed by atoms with Crippen LogP contribution in [0.15, 0.2) is 24.3 Å². The minimum absolute atomic E-state index is 0.0415. The standard InChI is InChI=1S/C29H34N8O3S2/c1-17-4-6-18(7-5-17)25-23(13-30)41-28(32-25)35(3)27-22(10-11-38)31-29-37(27)33-26(42-29)19-8-9-20(12-19)34(2)16-24(40)36-14-21(39)15-36/h4-7,19-21,38-39H,8-12,14-16H2,1-3H3/t19?,20-/m1/s1. The van der Waals surface area contributed by atoms with E-state index in [1.54, 1.807) is 16.2 Å². The second-order valence-electron chi connectivity index (χ2n) is 11.2. The van der Waals surface area contributed by atoms with Crippen molar-refractivity contribution in [3.8, 4) is 17.3 Å². The number of carbonyl (C=O) groups excluding carboxylic acids is 1. The van der Waals surface area contributed by atoms with E-state index in [2.05, 4.69) is 11.0 Å². The SMILES string of the molecule is Cc1ccc(-c2nc(N(C)c3c(CCO)nc4sc(C5CC[C@@H](N(C)CC(=O)N6CC(O)C6)C5)nn34)sc2C#N)cc1. The highest BCUT2D eigenvalue weighted by atomic mass is 32.1. The Labute approximate surface area is 252 Å². The largest absolute Gasteiger partial charge is 0.396 e. The quantitative estimate of drug-likeness (QED) is 0.295. The van der Waals surface area contributed by atoms with Gasteiger partial charge >= 0.3 is 0 Å². The lowest BCUT2D eigenvalue weighted by Gasteiger charge is -2.37. The Bertz CT molecular complexity index is 1630. The van der Waals surface area contributed by atoms with Crippen molar-refractivity contribution in [3.05, 3.63) is 45.4 Å². The predicted molar refractivity (Wildman–Crippen MR) is 162 cm³/mol. The number of aromatic nitrogens is 4. The topological polar surface area (TPSA) is 134 Å². The van der Waals surface area contributed by atoms with Crippen LogP contribution in [0.2, 0.25) is 0 Å². The first kappa shape index (κ1) is 28.7. The molecule has 1 aliphatic heterocycles. The number of fused-ring (bicyclic) bond motifs is 1. The second-order valence-corrected chi connectivity index (χ2v) is 13.2. The Hall–Kier alpha value is -3.41. The summed E-state index contributed by atoms with van der Waals surface area (Å²) in [4.78, 5) is 29.3. The lowest BCUT2D eigenvalue weighted by molar-refractivity contribution is -0.142. The maximum atomic E-state index is 12.5. The molecule has 6 rings (SSSR count). The molecule has 0 radical (unpaired) electrons. The summed E-state index contributed by atoms with van der Waals surface area (Å²) in [5, 5.41) is 35.8. The fourth-order valence-electron chi connectivity index (χ4n) is 5.78. The van der Waals surface area contributed by atoms with E-state index in [9.17, 15) is 20.3 Å². The first-order chi connectivity index (χ1) is 20.2. The molecular formula is C29H34N8O3S2. The Morgan fingerprint density at radius 1 is 1.17 bits per heavy atom. The van der Waals surface area contributed by atoms with Gasteiger partial charge in [-0.25, -0.2) is 9.97 Å². The number of likely N-dealkylation sites (N-methyl/N-ethyl adjacent to an activating group) is 1. The van der Waals surface area contributed by atoms with Crippen molar-refractivity contribution in [1.29, 1.82) is 5.26 Å². The molecule has 1 saturated carbocycles. The van der Waals surface area contributed by atoms with Crippen LogP contribution < -0.4 is 4.90 Å². The zero-order valence-electron chi connectivity index (χ0n) is 23.9. The van der Waals surface area contributed by atoms with E-state index in [-0.39, 0.29) is 30.6 Å². The number of hydrogen-bond donors (Lipinski definition) is 2. The number of anilines is 2. The molecule has 1 aliphatic carbocycles. The fourth-order valence-corrected chi connectivity index (χ4v) is 7.69. The number of rotatable bonds is 9. The number of nitriles is 1. The van der Waals surface area contributed by atoms with E-state index in [1.807, 2.05) is 54.7 Å². The predicted octanol–water partition coefficient (Wildman–Crippen LogP) is 3.17. The van der Waals surface area contributed by atoms with Crippen molar-refractivity contribution in [2.45, 2.75) is 50.7 Å². The summed E-state index contributed by atoms with van der Waals surface area (Å²) in [7, 11) is 3.90.